The average Bonchev–Trinajstić information content (AvgIpc) is 3.40. The van der Waals surface area contributed by atoms with Crippen molar-refractivity contribution in [3.63, 3.8) is 0 Å². The number of alkyl carbamates (subject to hydrolysis) is 1. The number of thioether (sulfide) groups is 1. The lowest BCUT2D eigenvalue weighted by atomic mass is 9.84. The number of hydrogen-bond donors (Lipinski definition) is 2. The molecular formula is C35H49F2N5O5SSi. The van der Waals surface area contributed by atoms with Crippen molar-refractivity contribution in [2.75, 3.05) is 37.8 Å². The van der Waals surface area contributed by atoms with E-state index in [1.807, 2.05) is 55.7 Å². The molecule has 0 aliphatic heterocycles. The Bertz CT molecular complexity index is 1550. The molecule has 1 aromatic heterocycles. The molecule has 0 bridgehead atoms. The summed E-state index contributed by atoms with van der Waals surface area (Å²) in [5.74, 6) is -0.354. The molecule has 1 atom stereocenters. The standard InChI is InChI=1S/C35H49F2N5O5SSi/c1-35(2,3)31(32-40-29(27-21-26(36)13-14-28(27)37)23-41(32)22-25-11-8-7-9-12-25)42(16-10-17-46-33(38)44)30(43)24-48-19-15-39-34(45)47-18-20-49(4,5)6/h7-9,11-14,21,23,31H,10,15-20,22,24H2,1-6H3,(H2,38,44)(H,39,45). The Hall–Kier alpha value is -3.91. The number of carbonyl (C=O) groups excluding carboxylic acids is 3. The quantitative estimate of drug-likeness (QED) is 0.113. The number of imidazole rings is 1. The molecule has 10 nitrogen and oxygen atoms in total. The summed E-state index contributed by atoms with van der Waals surface area (Å²) in [7, 11) is -1.32. The number of primary amides is 1. The Balaban J connectivity index is 1.89. The fraction of sp³-hybridized carbons (Fsp3) is 0.486. The first-order valence-corrected chi connectivity index (χ1v) is 21.2. The zero-order valence-electron chi connectivity index (χ0n) is 29.3. The molecule has 3 N–H and O–H groups in total. The van der Waals surface area contributed by atoms with E-state index >= 15 is 4.39 Å². The largest absolute Gasteiger partial charge is 0.450 e. The van der Waals surface area contributed by atoms with Crippen LogP contribution >= 0.6 is 11.8 Å². The van der Waals surface area contributed by atoms with Gasteiger partial charge in [-0.2, -0.15) is 11.8 Å². The molecule has 0 aliphatic carbocycles. The fourth-order valence-corrected chi connectivity index (χ4v) is 6.59. The van der Waals surface area contributed by atoms with Crippen LogP contribution in [0.1, 0.15) is 44.6 Å². The van der Waals surface area contributed by atoms with Gasteiger partial charge in [0, 0.05) is 45.2 Å². The van der Waals surface area contributed by atoms with Crippen LogP contribution in [0, 0.1) is 17.0 Å². The number of nitrogens with two attached hydrogens (primary N) is 1. The molecule has 49 heavy (non-hydrogen) atoms. The van der Waals surface area contributed by atoms with Gasteiger partial charge in [0.15, 0.2) is 0 Å². The maximum absolute atomic E-state index is 15.0. The molecule has 0 saturated heterocycles. The van der Waals surface area contributed by atoms with E-state index in [1.54, 1.807) is 11.1 Å². The summed E-state index contributed by atoms with van der Waals surface area (Å²) in [5, 5.41) is 2.73. The molecule has 1 heterocycles. The van der Waals surface area contributed by atoms with E-state index in [1.165, 1.54) is 11.8 Å². The van der Waals surface area contributed by atoms with Crippen LogP contribution in [0.25, 0.3) is 11.3 Å². The molecule has 3 rings (SSSR count). The SMILES string of the molecule is CC(C)(C)C(c1nc(-c2cc(F)ccc2F)cn1Cc1ccccc1)N(CCCOC(N)=O)C(=O)CSCCNC(=O)OCC[Si](C)(C)C. The number of halogens is 2. The number of aromatic nitrogens is 2. The number of rotatable bonds is 17. The maximum atomic E-state index is 15.0. The van der Waals surface area contributed by atoms with Gasteiger partial charge in [0.25, 0.3) is 0 Å². The van der Waals surface area contributed by atoms with E-state index < -0.39 is 43.4 Å². The minimum atomic E-state index is -1.32. The van der Waals surface area contributed by atoms with Crippen LogP contribution in [-0.4, -0.2) is 78.4 Å². The molecule has 2 aromatic carbocycles. The van der Waals surface area contributed by atoms with E-state index in [0.717, 1.165) is 29.8 Å². The van der Waals surface area contributed by atoms with Crippen molar-refractivity contribution in [3.05, 3.63) is 77.8 Å². The minimum absolute atomic E-state index is 0.00502. The highest BCUT2D eigenvalue weighted by molar-refractivity contribution is 7.99. The lowest BCUT2D eigenvalue weighted by molar-refractivity contribution is -0.133. The van der Waals surface area contributed by atoms with Gasteiger partial charge in [0.2, 0.25) is 5.91 Å². The number of benzene rings is 2. The van der Waals surface area contributed by atoms with Crippen molar-refractivity contribution in [2.45, 2.75) is 65.5 Å². The van der Waals surface area contributed by atoms with E-state index in [0.29, 0.717) is 37.7 Å². The first kappa shape index (κ1) is 39.5. The zero-order valence-corrected chi connectivity index (χ0v) is 31.1. The van der Waals surface area contributed by atoms with Gasteiger partial charge in [0.05, 0.1) is 30.7 Å². The molecule has 0 radical (unpaired) electrons. The summed E-state index contributed by atoms with van der Waals surface area (Å²) in [6, 6.07) is 13.1. The second-order valence-corrected chi connectivity index (χ2v) is 20.8. The van der Waals surface area contributed by atoms with Gasteiger partial charge in [-0.05, 0) is 41.6 Å². The number of amides is 3. The highest BCUT2D eigenvalue weighted by Crippen LogP contribution is 2.40. The number of hydrogen-bond acceptors (Lipinski definition) is 7. The molecular weight excluding hydrogens is 669 g/mol. The molecule has 0 saturated carbocycles. The summed E-state index contributed by atoms with van der Waals surface area (Å²) < 4.78 is 41.4. The van der Waals surface area contributed by atoms with Gasteiger partial charge >= 0.3 is 12.2 Å². The van der Waals surface area contributed by atoms with E-state index in [4.69, 9.17) is 20.2 Å². The third-order valence-electron chi connectivity index (χ3n) is 7.52. The molecule has 0 spiro atoms. The Morgan fingerprint density at radius 3 is 2.43 bits per heavy atom. The van der Waals surface area contributed by atoms with Gasteiger partial charge in [-0.25, -0.2) is 23.4 Å². The van der Waals surface area contributed by atoms with Crippen molar-refractivity contribution in [1.29, 1.82) is 0 Å². The van der Waals surface area contributed by atoms with Crippen molar-refractivity contribution in [1.82, 2.24) is 19.8 Å². The van der Waals surface area contributed by atoms with Crippen molar-refractivity contribution in [3.8, 4) is 11.3 Å². The van der Waals surface area contributed by atoms with Crippen LogP contribution in [0.4, 0.5) is 18.4 Å². The van der Waals surface area contributed by atoms with Gasteiger partial charge in [-0.3, -0.25) is 4.79 Å². The van der Waals surface area contributed by atoms with E-state index in [-0.39, 0.29) is 36.1 Å². The van der Waals surface area contributed by atoms with Crippen LogP contribution in [0.5, 0.6) is 0 Å². The fourth-order valence-electron chi connectivity index (χ4n) is 5.15. The predicted molar refractivity (Wildman–Crippen MR) is 192 cm³/mol. The monoisotopic (exact) mass is 717 g/mol. The second kappa shape index (κ2) is 18.2. The predicted octanol–water partition coefficient (Wildman–Crippen LogP) is 7.08. The molecule has 0 aliphatic rings. The highest BCUT2D eigenvalue weighted by Gasteiger charge is 2.38. The molecule has 14 heteroatoms. The van der Waals surface area contributed by atoms with Crippen LogP contribution in [0.3, 0.4) is 0 Å². The first-order chi connectivity index (χ1) is 23.0. The minimum Gasteiger partial charge on any atom is -0.450 e. The molecule has 3 amide bonds. The summed E-state index contributed by atoms with van der Waals surface area (Å²) in [4.78, 5) is 43.9. The average molecular weight is 718 g/mol. The molecule has 0 fully saturated rings. The maximum Gasteiger partial charge on any atom is 0.407 e. The van der Waals surface area contributed by atoms with Gasteiger partial charge in [0.1, 0.15) is 17.5 Å². The Morgan fingerprint density at radius 2 is 1.78 bits per heavy atom. The van der Waals surface area contributed by atoms with E-state index in [9.17, 15) is 18.8 Å². The summed E-state index contributed by atoms with van der Waals surface area (Å²) in [5.41, 5.74) is 5.79. The lowest BCUT2D eigenvalue weighted by Crippen LogP contribution is -2.44. The lowest BCUT2D eigenvalue weighted by Gasteiger charge is -2.40. The van der Waals surface area contributed by atoms with Crippen molar-refractivity contribution in [2.24, 2.45) is 11.1 Å². The molecule has 3 aromatic rings. The number of carbonyl (C=O) groups is 3. The van der Waals surface area contributed by atoms with Crippen molar-refractivity contribution >= 4 is 37.9 Å². The zero-order chi connectivity index (χ0) is 36.2. The second-order valence-electron chi connectivity index (χ2n) is 14.0. The number of ether oxygens (including phenoxy) is 2. The van der Waals surface area contributed by atoms with Gasteiger partial charge in [-0.15, -0.1) is 0 Å². The van der Waals surface area contributed by atoms with Crippen LogP contribution in [0.2, 0.25) is 25.7 Å². The Kier molecular flexibility index (Phi) is 14.7. The number of nitrogens with one attached hydrogen (secondary N) is 1. The third kappa shape index (κ3) is 13.1. The topological polar surface area (TPSA) is 129 Å². The van der Waals surface area contributed by atoms with Crippen LogP contribution < -0.4 is 11.1 Å². The van der Waals surface area contributed by atoms with Crippen LogP contribution in [0.15, 0.2) is 54.7 Å². The smallest absolute Gasteiger partial charge is 0.407 e. The normalized spacial score (nSPS) is 12.3. The van der Waals surface area contributed by atoms with Gasteiger partial charge in [-0.1, -0.05) is 70.7 Å². The molecule has 1 unspecified atom stereocenters. The molecule has 268 valence electrons. The highest BCUT2D eigenvalue weighted by atomic mass is 32.2. The van der Waals surface area contributed by atoms with Gasteiger partial charge < -0.3 is 30.0 Å². The van der Waals surface area contributed by atoms with Crippen molar-refractivity contribution < 1.29 is 32.6 Å². The Labute approximate surface area is 293 Å². The third-order valence-corrected chi connectivity index (χ3v) is 10.2. The number of nitrogens with zero attached hydrogens (tertiary/aromatic N) is 3. The van der Waals surface area contributed by atoms with E-state index in [2.05, 4.69) is 25.0 Å². The Morgan fingerprint density at radius 1 is 1.06 bits per heavy atom. The first-order valence-electron chi connectivity index (χ1n) is 16.3. The van der Waals surface area contributed by atoms with Crippen LogP contribution in [-0.2, 0) is 20.8 Å². The summed E-state index contributed by atoms with van der Waals surface area (Å²) >= 11 is 1.36. The summed E-state index contributed by atoms with van der Waals surface area (Å²) in [6.07, 6.45) is 0.597. The summed E-state index contributed by atoms with van der Waals surface area (Å²) in [6.45, 7) is 13.8.